The molecule has 0 aliphatic carbocycles. The maximum absolute atomic E-state index is 12.6. The van der Waals surface area contributed by atoms with E-state index in [0.717, 1.165) is 43.9 Å². The van der Waals surface area contributed by atoms with Crippen molar-refractivity contribution in [3.63, 3.8) is 0 Å². The molecule has 164 valence electrons. The number of likely N-dealkylation sites (tertiary alicyclic amines) is 2. The molecule has 0 unspecified atom stereocenters. The van der Waals surface area contributed by atoms with Crippen LogP contribution in [0.15, 0.2) is 36.7 Å². The number of aromatic nitrogens is 1. The first-order chi connectivity index (χ1) is 14.8. The minimum atomic E-state index is -0.607. The number of rotatable bonds is 4. The number of pyridine rings is 1. The van der Waals surface area contributed by atoms with Gasteiger partial charge in [-0.15, -0.1) is 0 Å². The number of aryl methyl sites for hydroxylation is 1. The van der Waals surface area contributed by atoms with E-state index in [2.05, 4.69) is 28.9 Å². The van der Waals surface area contributed by atoms with Gasteiger partial charge in [-0.1, -0.05) is 17.7 Å². The van der Waals surface area contributed by atoms with Gasteiger partial charge in [0.15, 0.2) is 5.75 Å². The van der Waals surface area contributed by atoms with E-state index in [0.29, 0.717) is 13.1 Å². The van der Waals surface area contributed by atoms with Crippen molar-refractivity contribution in [1.82, 2.24) is 14.8 Å². The number of halogens is 1. The molecule has 0 atom stereocenters. The van der Waals surface area contributed by atoms with Gasteiger partial charge >= 0.3 is 6.09 Å². The summed E-state index contributed by atoms with van der Waals surface area (Å²) in [5, 5.41) is 0.776. The van der Waals surface area contributed by atoms with Crippen LogP contribution in [-0.4, -0.2) is 53.0 Å². The van der Waals surface area contributed by atoms with Gasteiger partial charge in [0, 0.05) is 37.4 Å². The Kier molecular flexibility index (Phi) is 6.16. The first-order valence-corrected chi connectivity index (χ1v) is 10.9. The number of piperidine rings is 1. The molecule has 3 heterocycles. The van der Waals surface area contributed by atoms with Crippen LogP contribution < -0.4 is 10.5 Å². The Morgan fingerprint density at radius 3 is 2.65 bits per heavy atom. The predicted octanol–water partition coefficient (Wildman–Crippen LogP) is 3.63. The topological polar surface area (TPSA) is 88.8 Å². The monoisotopic (exact) mass is 442 g/mol. The minimum absolute atomic E-state index is 0.212. The van der Waals surface area contributed by atoms with E-state index in [1.807, 2.05) is 6.07 Å². The molecule has 2 amide bonds. The molecular weight excluding hydrogens is 416 g/mol. The summed E-state index contributed by atoms with van der Waals surface area (Å²) >= 11 is 6.18. The zero-order valence-electron chi connectivity index (χ0n) is 17.6. The number of benzene rings is 1. The summed E-state index contributed by atoms with van der Waals surface area (Å²) in [4.78, 5) is 32.0. The van der Waals surface area contributed by atoms with Crippen LogP contribution in [0.5, 0.6) is 5.75 Å². The van der Waals surface area contributed by atoms with Crippen LogP contribution in [0.25, 0.3) is 0 Å². The number of hydrogen-bond donors (Lipinski definition) is 1. The number of hydrogen-bond acceptors (Lipinski definition) is 5. The maximum atomic E-state index is 12.6. The summed E-state index contributed by atoms with van der Waals surface area (Å²) in [6.45, 7) is 6.44. The number of primary amides is 1. The molecule has 1 aromatic carbocycles. The standard InChI is InChI=1S/C23H27ClN4O3/c1-16-2-3-19(24)10-18(16)14-27-7-4-23(15-27)5-8-28(9-6-23)22(30)31-20-11-17(21(25)29)12-26-13-20/h2-3,10-13H,4-9,14-15H2,1H3,(H2,25,29). The van der Waals surface area contributed by atoms with Gasteiger partial charge in [0.05, 0.1) is 11.8 Å². The maximum Gasteiger partial charge on any atom is 0.415 e. The van der Waals surface area contributed by atoms with E-state index in [4.69, 9.17) is 22.1 Å². The Balaban J connectivity index is 1.31. The molecule has 2 N–H and O–H groups in total. The Morgan fingerprint density at radius 1 is 1.16 bits per heavy atom. The van der Waals surface area contributed by atoms with Crippen molar-refractivity contribution in [1.29, 1.82) is 0 Å². The molecular formula is C23H27ClN4O3. The van der Waals surface area contributed by atoms with Crippen LogP contribution in [-0.2, 0) is 6.54 Å². The molecule has 31 heavy (non-hydrogen) atoms. The van der Waals surface area contributed by atoms with E-state index in [1.165, 1.54) is 29.6 Å². The van der Waals surface area contributed by atoms with Gasteiger partial charge in [0.25, 0.3) is 0 Å². The number of nitrogens with zero attached hydrogens (tertiary/aromatic N) is 3. The molecule has 7 nitrogen and oxygen atoms in total. The number of ether oxygens (including phenoxy) is 1. The summed E-state index contributed by atoms with van der Waals surface area (Å²) in [7, 11) is 0. The molecule has 2 fully saturated rings. The number of nitrogens with two attached hydrogens (primary N) is 1. The lowest BCUT2D eigenvalue weighted by molar-refractivity contribution is 0.0950. The normalized spacial score (nSPS) is 18.3. The zero-order valence-corrected chi connectivity index (χ0v) is 18.4. The molecule has 2 aromatic rings. The van der Waals surface area contributed by atoms with Gasteiger partial charge in [-0.25, -0.2) is 4.79 Å². The first-order valence-electron chi connectivity index (χ1n) is 10.5. The summed E-state index contributed by atoms with van der Waals surface area (Å²) in [5.74, 6) is -0.380. The molecule has 0 bridgehead atoms. The molecule has 1 spiro atoms. The minimum Gasteiger partial charge on any atom is -0.409 e. The average Bonchev–Trinajstić information content (AvgIpc) is 3.13. The second-order valence-electron chi connectivity index (χ2n) is 8.66. The van der Waals surface area contributed by atoms with Gasteiger partial charge in [-0.3, -0.25) is 14.7 Å². The third-order valence-electron chi connectivity index (χ3n) is 6.51. The lowest BCUT2D eigenvalue weighted by Gasteiger charge is -2.38. The summed E-state index contributed by atoms with van der Waals surface area (Å²) in [6.07, 6.45) is 5.38. The fourth-order valence-corrected chi connectivity index (χ4v) is 4.76. The van der Waals surface area contributed by atoms with Gasteiger partial charge in [0.2, 0.25) is 5.91 Å². The Hall–Kier alpha value is -2.64. The molecule has 1 aromatic heterocycles. The third kappa shape index (κ3) is 4.99. The van der Waals surface area contributed by atoms with Crippen LogP contribution in [0.2, 0.25) is 5.02 Å². The zero-order chi connectivity index (χ0) is 22.0. The molecule has 8 heteroatoms. The fourth-order valence-electron chi connectivity index (χ4n) is 4.56. The van der Waals surface area contributed by atoms with Crippen molar-refractivity contribution in [2.45, 2.75) is 32.7 Å². The quantitative estimate of drug-likeness (QED) is 0.781. The Bertz CT molecular complexity index is 989. The highest BCUT2D eigenvalue weighted by Crippen LogP contribution is 2.41. The third-order valence-corrected chi connectivity index (χ3v) is 6.74. The van der Waals surface area contributed by atoms with Crippen molar-refractivity contribution < 1.29 is 14.3 Å². The van der Waals surface area contributed by atoms with Crippen LogP contribution in [0, 0.1) is 12.3 Å². The highest BCUT2D eigenvalue weighted by atomic mass is 35.5. The molecule has 4 rings (SSSR count). The Morgan fingerprint density at radius 2 is 1.90 bits per heavy atom. The average molecular weight is 443 g/mol. The lowest BCUT2D eigenvalue weighted by atomic mass is 9.78. The number of carbonyl (C=O) groups is 2. The number of amides is 2. The van der Waals surface area contributed by atoms with E-state index < -0.39 is 12.0 Å². The van der Waals surface area contributed by atoms with E-state index in [9.17, 15) is 9.59 Å². The van der Waals surface area contributed by atoms with Crippen LogP contribution in [0.1, 0.15) is 40.7 Å². The first kappa shape index (κ1) is 21.6. The van der Waals surface area contributed by atoms with Gasteiger partial charge < -0.3 is 15.4 Å². The fraction of sp³-hybridized carbons (Fsp3) is 0.435. The SMILES string of the molecule is Cc1ccc(Cl)cc1CN1CCC2(CCN(C(=O)Oc3cncc(C(N)=O)c3)CC2)C1. The molecule has 0 saturated carbocycles. The lowest BCUT2D eigenvalue weighted by Crippen LogP contribution is -2.45. The van der Waals surface area contributed by atoms with E-state index >= 15 is 0 Å². The molecule has 2 aliphatic rings. The van der Waals surface area contributed by atoms with E-state index in [1.54, 1.807) is 4.90 Å². The largest absolute Gasteiger partial charge is 0.415 e. The molecule has 2 aliphatic heterocycles. The highest BCUT2D eigenvalue weighted by Gasteiger charge is 2.41. The van der Waals surface area contributed by atoms with Crippen LogP contribution in [0.4, 0.5) is 4.79 Å². The summed E-state index contributed by atoms with van der Waals surface area (Å²) in [6, 6.07) is 7.50. The Labute approximate surface area is 187 Å². The number of carbonyl (C=O) groups excluding carboxylic acids is 2. The summed E-state index contributed by atoms with van der Waals surface area (Å²) < 4.78 is 5.41. The van der Waals surface area contributed by atoms with Gasteiger partial charge in [0.1, 0.15) is 0 Å². The smallest absolute Gasteiger partial charge is 0.409 e. The highest BCUT2D eigenvalue weighted by molar-refractivity contribution is 6.30. The van der Waals surface area contributed by atoms with E-state index in [-0.39, 0.29) is 16.7 Å². The van der Waals surface area contributed by atoms with Crippen molar-refractivity contribution in [2.24, 2.45) is 11.1 Å². The van der Waals surface area contributed by atoms with Crippen molar-refractivity contribution >= 4 is 23.6 Å². The summed E-state index contributed by atoms with van der Waals surface area (Å²) in [5.41, 5.74) is 8.25. The van der Waals surface area contributed by atoms with Gasteiger partial charge in [-0.2, -0.15) is 0 Å². The molecule has 2 saturated heterocycles. The van der Waals surface area contributed by atoms with Crippen LogP contribution in [0.3, 0.4) is 0 Å². The van der Waals surface area contributed by atoms with Gasteiger partial charge in [-0.05, 0) is 67.5 Å². The van der Waals surface area contributed by atoms with Crippen molar-refractivity contribution in [3.05, 3.63) is 58.4 Å². The molecule has 0 radical (unpaired) electrons. The predicted molar refractivity (Wildman–Crippen MR) is 118 cm³/mol. The second-order valence-corrected chi connectivity index (χ2v) is 9.10. The van der Waals surface area contributed by atoms with Crippen molar-refractivity contribution in [2.75, 3.05) is 26.2 Å². The van der Waals surface area contributed by atoms with Crippen molar-refractivity contribution in [3.8, 4) is 5.75 Å². The van der Waals surface area contributed by atoms with Crippen LogP contribution >= 0.6 is 11.6 Å². The second kappa shape index (κ2) is 8.85.